The standard InChI is InChI=1S/C25H29N3O3S/c1-3-15-32(29,30)27-19-11-9-18(10-12-19)25-23(17-26)22-14-13-21(31-4-2)16-24(22)28(25)20-7-5-6-8-20/h9-14,16,20,27H,3-8,15H2,1-2H3. The van der Waals surface area contributed by atoms with Gasteiger partial charge in [0.05, 0.1) is 29.1 Å². The van der Waals surface area contributed by atoms with Crippen LogP contribution < -0.4 is 9.46 Å². The molecule has 0 spiro atoms. The molecule has 2 aromatic carbocycles. The average Bonchev–Trinajstić information content (AvgIpc) is 3.39. The van der Waals surface area contributed by atoms with Crippen LogP contribution in [-0.4, -0.2) is 25.3 Å². The molecule has 1 aliphatic rings. The first kappa shape index (κ1) is 22.2. The molecule has 0 atom stereocenters. The van der Waals surface area contributed by atoms with Crippen LogP contribution in [0.4, 0.5) is 5.69 Å². The van der Waals surface area contributed by atoms with E-state index < -0.39 is 10.0 Å². The lowest BCUT2D eigenvalue weighted by Gasteiger charge is -2.19. The summed E-state index contributed by atoms with van der Waals surface area (Å²) in [7, 11) is -3.35. The summed E-state index contributed by atoms with van der Waals surface area (Å²) in [5, 5.41) is 11.0. The molecule has 0 amide bonds. The van der Waals surface area contributed by atoms with Crippen LogP contribution in [0.2, 0.25) is 0 Å². The van der Waals surface area contributed by atoms with Crippen molar-refractivity contribution in [2.45, 2.75) is 52.0 Å². The Balaban J connectivity index is 1.84. The molecule has 0 aliphatic heterocycles. The largest absolute Gasteiger partial charge is 0.494 e. The van der Waals surface area contributed by atoms with Gasteiger partial charge in [0.15, 0.2) is 0 Å². The average molecular weight is 452 g/mol. The number of hydrogen-bond acceptors (Lipinski definition) is 4. The van der Waals surface area contributed by atoms with Gasteiger partial charge in [-0.1, -0.05) is 31.9 Å². The lowest BCUT2D eigenvalue weighted by atomic mass is 10.1. The van der Waals surface area contributed by atoms with E-state index in [-0.39, 0.29) is 5.75 Å². The number of fused-ring (bicyclic) bond motifs is 1. The highest BCUT2D eigenvalue weighted by molar-refractivity contribution is 7.92. The first-order valence-electron chi connectivity index (χ1n) is 11.3. The summed E-state index contributed by atoms with van der Waals surface area (Å²) in [5.41, 5.74) is 3.99. The third-order valence-electron chi connectivity index (χ3n) is 5.99. The number of benzene rings is 2. The van der Waals surface area contributed by atoms with Crippen LogP contribution in [0, 0.1) is 11.3 Å². The molecule has 3 aromatic rings. The second kappa shape index (κ2) is 9.25. The number of aromatic nitrogens is 1. The maximum Gasteiger partial charge on any atom is 0.232 e. The molecule has 1 N–H and O–H groups in total. The molecule has 32 heavy (non-hydrogen) atoms. The first-order valence-corrected chi connectivity index (χ1v) is 12.9. The zero-order valence-corrected chi connectivity index (χ0v) is 19.4. The van der Waals surface area contributed by atoms with Gasteiger partial charge in [-0.3, -0.25) is 4.72 Å². The number of nitrogens with one attached hydrogen (secondary N) is 1. The molecule has 1 heterocycles. The van der Waals surface area contributed by atoms with Crippen LogP contribution in [0.15, 0.2) is 42.5 Å². The van der Waals surface area contributed by atoms with Crippen molar-refractivity contribution < 1.29 is 13.2 Å². The molecule has 0 unspecified atom stereocenters. The van der Waals surface area contributed by atoms with Crippen molar-refractivity contribution in [3.05, 3.63) is 48.0 Å². The van der Waals surface area contributed by atoms with Gasteiger partial charge in [0.25, 0.3) is 0 Å². The topological polar surface area (TPSA) is 84.1 Å². The molecule has 0 saturated heterocycles. The molecular formula is C25H29N3O3S. The Morgan fingerprint density at radius 3 is 2.47 bits per heavy atom. The minimum Gasteiger partial charge on any atom is -0.494 e. The molecule has 0 radical (unpaired) electrons. The zero-order chi connectivity index (χ0) is 22.7. The highest BCUT2D eigenvalue weighted by Gasteiger charge is 2.26. The van der Waals surface area contributed by atoms with Crippen LogP contribution in [-0.2, 0) is 10.0 Å². The highest BCUT2D eigenvalue weighted by atomic mass is 32.2. The SMILES string of the molecule is CCCS(=O)(=O)Nc1ccc(-c2c(C#N)c3ccc(OCC)cc3n2C2CCCC2)cc1. The van der Waals surface area contributed by atoms with Crippen LogP contribution in [0.3, 0.4) is 0 Å². The monoisotopic (exact) mass is 451 g/mol. The predicted molar refractivity (Wildman–Crippen MR) is 128 cm³/mol. The quantitative estimate of drug-likeness (QED) is 0.466. The number of hydrogen-bond donors (Lipinski definition) is 1. The van der Waals surface area contributed by atoms with Gasteiger partial charge >= 0.3 is 0 Å². The third-order valence-corrected chi connectivity index (χ3v) is 7.49. The van der Waals surface area contributed by atoms with Crippen molar-refractivity contribution in [2.75, 3.05) is 17.1 Å². The Kier molecular flexibility index (Phi) is 6.43. The Bertz CT molecular complexity index is 1250. The fourth-order valence-electron chi connectivity index (χ4n) is 4.68. The number of sulfonamides is 1. The minimum atomic E-state index is -3.35. The summed E-state index contributed by atoms with van der Waals surface area (Å²) in [6, 6.07) is 16.0. The van der Waals surface area contributed by atoms with E-state index in [1.807, 2.05) is 44.2 Å². The van der Waals surface area contributed by atoms with Crippen molar-refractivity contribution in [3.8, 4) is 23.1 Å². The van der Waals surface area contributed by atoms with Crippen LogP contribution in [0.1, 0.15) is 57.6 Å². The van der Waals surface area contributed by atoms with E-state index in [2.05, 4.69) is 15.4 Å². The van der Waals surface area contributed by atoms with E-state index in [4.69, 9.17) is 4.74 Å². The van der Waals surface area contributed by atoms with Gasteiger partial charge in [0.2, 0.25) is 10.0 Å². The van der Waals surface area contributed by atoms with Gasteiger partial charge in [-0.05, 0) is 56.0 Å². The first-order chi connectivity index (χ1) is 15.5. The van der Waals surface area contributed by atoms with Crippen LogP contribution in [0.25, 0.3) is 22.2 Å². The summed E-state index contributed by atoms with van der Waals surface area (Å²) >= 11 is 0. The number of ether oxygens (including phenoxy) is 1. The van der Waals surface area contributed by atoms with E-state index in [0.717, 1.165) is 40.8 Å². The maximum atomic E-state index is 12.1. The number of nitrogens with zero attached hydrogens (tertiary/aromatic N) is 2. The van der Waals surface area contributed by atoms with Crippen molar-refractivity contribution in [3.63, 3.8) is 0 Å². The van der Waals surface area contributed by atoms with Crippen LogP contribution >= 0.6 is 0 Å². The van der Waals surface area contributed by atoms with Gasteiger partial charge in [-0.2, -0.15) is 5.26 Å². The number of nitriles is 1. The van der Waals surface area contributed by atoms with E-state index in [0.29, 0.717) is 30.3 Å². The smallest absolute Gasteiger partial charge is 0.232 e. The lowest BCUT2D eigenvalue weighted by molar-refractivity contribution is 0.340. The highest BCUT2D eigenvalue weighted by Crippen LogP contribution is 2.42. The van der Waals surface area contributed by atoms with Gasteiger partial charge in [-0.25, -0.2) is 8.42 Å². The second-order valence-corrected chi connectivity index (χ2v) is 10.1. The van der Waals surface area contributed by atoms with Gasteiger partial charge in [0, 0.05) is 23.2 Å². The van der Waals surface area contributed by atoms with Gasteiger partial charge < -0.3 is 9.30 Å². The molecule has 6 nitrogen and oxygen atoms in total. The second-order valence-electron chi connectivity index (χ2n) is 8.25. The summed E-state index contributed by atoms with van der Waals surface area (Å²) in [5.74, 6) is 0.888. The Hall–Kier alpha value is -2.98. The molecule has 4 rings (SSSR count). The Morgan fingerprint density at radius 2 is 1.84 bits per heavy atom. The van der Waals surface area contributed by atoms with Crippen molar-refractivity contribution in [1.82, 2.24) is 4.57 Å². The van der Waals surface area contributed by atoms with E-state index in [9.17, 15) is 13.7 Å². The molecule has 1 fully saturated rings. The normalized spacial score (nSPS) is 14.5. The molecule has 0 bridgehead atoms. The minimum absolute atomic E-state index is 0.0887. The Labute approximate surface area is 189 Å². The van der Waals surface area contributed by atoms with Crippen molar-refractivity contribution in [1.29, 1.82) is 5.26 Å². The molecule has 7 heteroatoms. The molecular weight excluding hydrogens is 422 g/mol. The number of rotatable bonds is 8. The fraction of sp³-hybridized carbons (Fsp3) is 0.400. The fourth-order valence-corrected chi connectivity index (χ4v) is 5.82. The molecule has 1 aliphatic carbocycles. The van der Waals surface area contributed by atoms with Crippen molar-refractivity contribution >= 4 is 26.6 Å². The zero-order valence-electron chi connectivity index (χ0n) is 18.6. The predicted octanol–water partition coefficient (Wildman–Crippen LogP) is 5.85. The molecule has 1 aromatic heterocycles. The summed E-state index contributed by atoms with van der Waals surface area (Å²) < 4.78 is 34.9. The maximum absolute atomic E-state index is 12.1. The van der Waals surface area contributed by atoms with Crippen LogP contribution in [0.5, 0.6) is 5.75 Å². The van der Waals surface area contributed by atoms with E-state index in [1.165, 1.54) is 12.8 Å². The third kappa shape index (κ3) is 4.33. The summed E-state index contributed by atoms with van der Waals surface area (Å²) in [6.45, 7) is 4.39. The van der Waals surface area contributed by atoms with Gasteiger partial charge in [-0.15, -0.1) is 0 Å². The Morgan fingerprint density at radius 1 is 1.12 bits per heavy atom. The van der Waals surface area contributed by atoms with Crippen molar-refractivity contribution in [2.24, 2.45) is 0 Å². The molecule has 168 valence electrons. The summed E-state index contributed by atoms with van der Waals surface area (Å²) in [4.78, 5) is 0. The molecule has 1 saturated carbocycles. The lowest BCUT2D eigenvalue weighted by Crippen LogP contribution is -2.16. The van der Waals surface area contributed by atoms with E-state index >= 15 is 0 Å². The van der Waals surface area contributed by atoms with E-state index in [1.54, 1.807) is 12.1 Å². The summed E-state index contributed by atoms with van der Waals surface area (Å²) in [6.07, 6.45) is 5.07. The van der Waals surface area contributed by atoms with Gasteiger partial charge in [0.1, 0.15) is 11.8 Å². The number of anilines is 1.